The normalized spacial score (nSPS) is 18.9. The number of nitrogens with one attached hydrogen (secondary N) is 4. The quantitative estimate of drug-likeness (QED) is 0.122. The van der Waals surface area contributed by atoms with Crippen LogP contribution >= 0.6 is 31.9 Å². The Labute approximate surface area is 379 Å². The minimum atomic E-state index is -0.627. The van der Waals surface area contributed by atoms with E-state index in [1.807, 2.05) is 61.8 Å². The molecule has 2 aromatic heterocycles. The summed E-state index contributed by atoms with van der Waals surface area (Å²) in [6, 6.07) is 15.0. The fraction of sp³-hybridized carbons (Fsp3) is 0.478. The lowest BCUT2D eigenvalue weighted by Crippen LogP contribution is -2.51. The van der Waals surface area contributed by atoms with E-state index in [0.29, 0.717) is 39.5 Å². The number of aromatic nitrogens is 2. The molecule has 4 aromatic rings. The van der Waals surface area contributed by atoms with Gasteiger partial charge in [-0.25, -0.2) is 9.59 Å². The highest BCUT2D eigenvalue weighted by Crippen LogP contribution is 2.43. The lowest BCUT2D eigenvalue weighted by molar-refractivity contribution is -0.136. The van der Waals surface area contributed by atoms with Crippen molar-refractivity contribution in [2.24, 2.45) is 11.8 Å². The third kappa shape index (κ3) is 9.48. The SMILES string of the molecule is COC(=O)N[C@H](C(=O)N1CCC[C@@H]1c1[nH]c(-c2ccc(Br)cc2)c2c1COC2)C(C)C.COC(=O)N[C@H](C(=O)N1CCC[C@H]1c1[nH]c(-c2ccc(Br)cc2)c2c1COC2)C(C)C. The Morgan fingerprint density at radius 2 is 0.968 bits per heavy atom. The molecule has 4 atom stereocenters. The number of methoxy groups -OCH3 is 2. The van der Waals surface area contributed by atoms with Gasteiger partial charge >= 0.3 is 12.2 Å². The molecule has 0 bridgehead atoms. The van der Waals surface area contributed by atoms with Gasteiger partial charge in [0.25, 0.3) is 0 Å². The van der Waals surface area contributed by atoms with Gasteiger partial charge in [-0.2, -0.15) is 0 Å². The number of carbonyl (C=O) groups is 4. The van der Waals surface area contributed by atoms with Crippen LogP contribution in [0.1, 0.15) is 99.1 Å². The van der Waals surface area contributed by atoms with Gasteiger partial charge in [0.05, 0.1) is 64.1 Å². The highest BCUT2D eigenvalue weighted by Gasteiger charge is 2.41. The largest absolute Gasteiger partial charge is 0.453 e. The monoisotopic (exact) mass is 978 g/mol. The summed E-state index contributed by atoms with van der Waals surface area (Å²) in [5.41, 5.74) is 11.1. The first-order valence-electron chi connectivity index (χ1n) is 21.3. The van der Waals surface area contributed by atoms with Crippen LogP contribution < -0.4 is 10.6 Å². The van der Waals surface area contributed by atoms with E-state index in [4.69, 9.17) is 18.9 Å². The van der Waals surface area contributed by atoms with Gasteiger partial charge in [0.2, 0.25) is 11.8 Å². The standard InChI is InChI=1S/2C23H28BrN3O4/c2*1-13(2)19(26-23(29)30-3)22(28)27-10-4-5-18(27)21-17-12-31-11-16(17)20(25-21)14-6-8-15(24)9-7-14/h2*6-9,13,18-19,25H,4-5,10-12H2,1-3H3,(H,26,29)/t18-,19+;18-,19-/m10/s1. The zero-order valence-corrected chi connectivity index (χ0v) is 39.2. The van der Waals surface area contributed by atoms with Crippen LogP contribution in [0, 0.1) is 11.8 Å². The Balaban J connectivity index is 0.000000186. The molecule has 4 aliphatic rings. The molecule has 14 nitrogen and oxygen atoms in total. The lowest BCUT2D eigenvalue weighted by atomic mass is 10.0. The zero-order valence-electron chi connectivity index (χ0n) is 36.1. The molecule has 0 aliphatic carbocycles. The van der Waals surface area contributed by atoms with Gasteiger partial charge in [0.1, 0.15) is 12.1 Å². The highest BCUT2D eigenvalue weighted by molar-refractivity contribution is 9.10. The van der Waals surface area contributed by atoms with E-state index in [1.165, 1.54) is 25.3 Å². The van der Waals surface area contributed by atoms with Crippen LogP contribution in [0.5, 0.6) is 0 Å². The number of carbonyl (C=O) groups excluding carboxylic acids is 4. The first kappa shape index (κ1) is 45.4. The van der Waals surface area contributed by atoms with Crippen molar-refractivity contribution in [2.45, 2.75) is 104 Å². The van der Waals surface area contributed by atoms with E-state index in [0.717, 1.165) is 79.7 Å². The van der Waals surface area contributed by atoms with Crippen LogP contribution in [-0.4, -0.2) is 83.2 Å². The number of hydrogen-bond acceptors (Lipinski definition) is 8. The predicted molar refractivity (Wildman–Crippen MR) is 241 cm³/mol. The van der Waals surface area contributed by atoms with Crippen LogP contribution in [0.4, 0.5) is 9.59 Å². The van der Waals surface area contributed by atoms with Gasteiger partial charge < -0.3 is 49.3 Å². The van der Waals surface area contributed by atoms with Crippen LogP contribution in [0.25, 0.3) is 22.5 Å². The summed E-state index contributed by atoms with van der Waals surface area (Å²) < 4.78 is 23.1. The predicted octanol–water partition coefficient (Wildman–Crippen LogP) is 9.04. The number of benzene rings is 2. The smallest absolute Gasteiger partial charge is 0.407 e. The van der Waals surface area contributed by atoms with Crippen molar-refractivity contribution in [3.05, 3.63) is 91.1 Å². The van der Waals surface area contributed by atoms with E-state index in [1.54, 1.807) is 0 Å². The summed E-state index contributed by atoms with van der Waals surface area (Å²) in [6.45, 7) is 11.3. The number of aromatic amines is 2. The van der Waals surface area contributed by atoms with Crippen LogP contribution in [0.2, 0.25) is 0 Å². The van der Waals surface area contributed by atoms with Crippen molar-refractivity contribution in [1.82, 2.24) is 30.4 Å². The molecule has 0 radical (unpaired) electrons. The molecule has 4 amide bonds. The van der Waals surface area contributed by atoms with E-state index < -0.39 is 24.3 Å². The maximum Gasteiger partial charge on any atom is 0.407 e. The van der Waals surface area contributed by atoms with Crippen LogP contribution in [-0.2, 0) is 55.0 Å². The number of ether oxygens (including phenoxy) is 4. The Morgan fingerprint density at radius 1 is 0.613 bits per heavy atom. The van der Waals surface area contributed by atoms with E-state index >= 15 is 0 Å². The van der Waals surface area contributed by atoms with Gasteiger partial charge in [-0.15, -0.1) is 0 Å². The first-order valence-corrected chi connectivity index (χ1v) is 22.8. The minimum Gasteiger partial charge on any atom is -0.453 e. The van der Waals surface area contributed by atoms with Gasteiger partial charge in [-0.3, -0.25) is 9.59 Å². The zero-order chi connectivity index (χ0) is 44.2. The van der Waals surface area contributed by atoms with E-state index in [2.05, 4.69) is 76.7 Å². The molecule has 6 heterocycles. The molecular weight excluding hydrogens is 924 g/mol. The Bertz CT molecular complexity index is 2100. The number of halogens is 2. The topological polar surface area (TPSA) is 167 Å². The second-order valence-electron chi connectivity index (χ2n) is 16.8. The van der Waals surface area contributed by atoms with Gasteiger partial charge in [0, 0.05) is 55.7 Å². The molecule has 0 saturated carbocycles. The van der Waals surface area contributed by atoms with Crippen LogP contribution in [0.15, 0.2) is 57.5 Å². The number of H-pyrrole nitrogens is 2. The summed E-state index contributed by atoms with van der Waals surface area (Å²) in [5.74, 6) is -0.251. The van der Waals surface area contributed by atoms with E-state index in [-0.39, 0.29) is 35.7 Å². The third-order valence-electron chi connectivity index (χ3n) is 12.3. The number of fused-ring (bicyclic) bond motifs is 2. The Kier molecular flexibility index (Phi) is 14.5. The third-order valence-corrected chi connectivity index (χ3v) is 13.3. The summed E-state index contributed by atoms with van der Waals surface area (Å²) in [5, 5.41) is 5.42. The fourth-order valence-corrected chi connectivity index (χ4v) is 9.60. The maximum atomic E-state index is 13.4. The number of hydrogen-bond donors (Lipinski definition) is 4. The molecule has 8 rings (SSSR count). The summed E-state index contributed by atoms with van der Waals surface area (Å²) in [4.78, 5) is 61.6. The van der Waals surface area contributed by atoms with Crippen molar-refractivity contribution in [2.75, 3.05) is 27.3 Å². The molecule has 2 fully saturated rings. The second-order valence-corrected chi connectivity index (χ2v) is 18.7. The maximum absolute atomic E-state index is 13.4. The van der Waals surface area contributed by atoms with Crippen molar-refractivity contribution in [3.8, 4) is 22.5 Å². The Hall–Kier alpha value is -4.64. The summed E-state index contributed by atoms with van der Waals surface area (Å²) in [6.07, 6.45) is 2.41. The molecular formula is C46H56Br2N6O8. The molecule has 332 valence electrons. The molecule has 2 aromatic carbocycles. The minimum absolute atomic E-state index is 0.0520. The van der Waals surface area contributed by atoms with Crippen molar-refractivity contribution < 1.29 is 38.1 Å². The van der Waals surface area contributed by atoms with Gasteiger partial charge in [-0.1, -0.05) is 83.8 Å². The molecule has 4 N–H and O–H groups in total. The van der Waals surface area contributed by atoms with Crippen molar-refractivity contribution >= 4 is 55.9 Å². The van der Waals surface area contributed by atoms with Crippen molar-refractivity contribution in [1.29, 1.82) is 0 Å². The number of alkyl carbamates (subject to hydrolysis) is 2. The lowest BCUT2D eigenvalue weighted by Gasteiger charge is -2.31. The summed E-state index contributed by atoms with van der Waals surface area (Å²) >= 11 is 6.99. The van der Waals surface area contributed by atoms with Gasteiger partial charge in [0.15, 0.2) is 0 Å². The van der Waals surface area contributed by atoms with E-state index in [9.17, 15) is 19.2 Å². The number of amides is 4. The second kappa shape index (κ2) is 19.8. The molecule has 62 heavy (non-hydrogen) atoms. The van der Waals surface area contributed by atoms with Crippen LogP contribution in [0.3, 0.4) is 0 Å². The number of likely N-dealkylation sites (tertiary alicyclic amines) is 2. The first-order chi connectivity index (χ1) is 29.8. The van der Waals surface area contributed by atoms with Crippen molar-refractivity contribution in [3.63, 3.8) is 0 Å². The van der Waals surface area contributed by atoms with Gasteiger partial charge in [-0.05, 0) is 72.9 Å². The highest BCUT2D eigenvalue weighted by atomic mass is 79.9. The number of nitrogens with zero attached hydrogens (tertiary/aromatic N) is 2. The molecule has 2 saturated heterocycles. The molecule has 16 heteroatoms. The molecule has 0 unspecified atom stereocenters. The molecule has 0 spiro atoms. The average Bonchev–Trinajstić information content (AvgIpc) is 4.12. The average molecular weight is 981 g/mol. The number of rotatable bonds is 10. The summed E-state index contributed by atoms with van der Waals surface area (Å²) in [7, 11) is 2.61. The molecule has 4 aliphatic heterocycles. The Morgan fingerprint density at radius 3 is 1.31 bits per heavy atom. The fourth-order valence-electron chi connectivity index (χ4n) is 9.07.